The van der Waals surface area contributed by atoms with Gasteiger partial charge in [-0.05, 0) is 25.6 Å². The van der Waals surface area contributed by atoms with Crippen LogP contribution in [0.3, 0.4) is 0 Å². The molecule has 0 aliphatic carbocycles. The molecular weight excluding hydrogens is 316 g/mol. The Balaban J connectivity index is 1.58. The standard InChI is InChI=1S/C18H28N6O/c1-4-22-9-11-23(12-10-22)15(2)13-19-17(25)16-14-20-21(3)18(16)24-7-5-6-8-24/h5-8,14-15H,4,9-13H2,1-3H3,(H,19,25)/t15-/m0/s1. The van der Waals surface area contributed by atoms with Gasteiger partial charge in [0.05, 0.1) is 6.20 Å². The number of likely N-dealkylation sites (N-methyl/N-ethyl adjacent to an activating group) is 1. The number of rotatable bonds is 6. The maximum absolute atomic E-state index is 12.7. The quantitative estimate of drug-likeness (QED) is 0.848. The van der Waals surface area contributed by atoms with Crippen LogP contribution in [0, 0.1) is 0 Å². The zero-order chi connectivity index (χ0) is 17.8. The summed E-state index contributed by atoms with van der Waals surface area (Å²) in [4.78, 5) is 17.6. The lowest BCUT2D eigenvalue weighted by molar-refractivity contribution is 0.0882. The summed E-state index contributed by atoms with van der Waals surface area (Å²) in [6.07, 6.45) is 5.47. The van der Waals surface area contributed by atoms with Crippen LogP contribution in [-0.4, -0.2) is 75.4 Å². The van der Waals surface area contributed by atoms with E-state index in [-0.39, 0.29) is 5.91 Å². The van der Waals surface area contributed by atoms with E-state index >= 15 is 0 Å². The van der Waals surface area contributed by atoms with E-state index in [1.54, 1.807) is 10.9 Å². The van der Waals surface area contributed by atoms with Gasteiger partial charge in [-0.2, -0.15) is 5.10 Å². The molecule has 25 heavy (non-hydrogen) atoms. The lowest BCUT2D eigenvalue weighted by Crippen LogP contribution is -2.52. The van der Waals surface area contributed by atoms with Crippen molar-refractivity contribution >= 4 is 5.91 Å². The lowest BCUT2D eigenvalue weighted by atomic mass is 10.2. The second kappa shape index (κ2) is 7.84. The van der Waals surface area contributed by atoms with Gasteiger partial charge in [0.2, 0.25) is 0 Å². The number of nitrogens with zero attached hydrogens (tertiary/aromatic N) is 5. The van der Waals surface area contributed by atoms with Crippen LogP contribution in [0.2, 0.25) is 0 Å². The average Bonchev–Trinajstić information content (AvgIpc) is 3.28. The molecule has 0 spiro atoms. The molecular formula is C18H28N6O. The van der Waals surface area contributed by atoms with Gasteiger partial charge >= 0.3 is 0 Å². The third-order valence-corrected chi connectivity index (χ3v) is 5.04. The minimum atomic E-state index is -0.0733. The van der Waals surface area contributed by atoms with Crippen molar-refractivity contribution in [3.05, 3.63) is 36.3 Å². The lowest BCUT2D eigenvalue weighted by Gasteiger charge is -2.37. The van der Waals surface area contributed by atoms with E-state index < -0.39 is 0 Å². The van der Waals surface area contributed by atoms with Crippen LogP contribution in [0.25, 0.3) is 5.82 Å². The van der Waals surface area contributed by atoms with Crippen LogP contribution in [0.5, 0.6) is 0 Å². The van der Waals surface area contributed by atoms with E-state index in [4.69, 9.17) is 0 Å². The zero-order valence-corrected chi connectivity index (χ0v) is 15.4. The molecule has 1 saturated heterocycles. The highest BCUT2D eigenvalue weighted by atomic mass is 16.1. The smallest absolute Gasteiger partial charge is 0.256 e. The number of hydrogen-bond acceptors (Lipinski definition) is 4. The van der Waals surface area contributed by atoms with Crippen LogP contribution < -0.4 is 5.32 Å². The van der Waals surface area contributed by atoms with Gasteiger partial charge in [-0.15, -0.1) is 0 Å². The van der Waals surface area contributed by atoms with E-state index in [0.29, 0.717) is 18.2 Å². The Morgan fingerprint density at radius 2 is 1.92 bits per heavy atom. The van der Waals surface area contributed by atoms with Gasteiger partial charge in [-0.1, -0.05) is 6.92 Å². The highest BCUT2D eigenvalue weighted by Gasteiger charge is 2.22. The minimum Gasteiger partial charge on any atom is -0.350 e. The van der Waals surface area contributed by atoms with Crippen molar-refractivity contribution in [2.45, 2.75) is 19.9 Å². The molecule has 0 bridgehead atoms. The van der Waals surface area contributed by atoms with Crippen molar-refractivity contribution in [2.75, 3.05) is 39.3 Å². The zero-order valence-electron chi connectivity index (χ0n) is 15.4. The fourth-order valence-corrected chi connectivity index (χ4v) is 3.36. The third kappa shape index (κ3) is 3.93. The number of aryl methyl sites for hydroxylation is 1. The van der Waals surface area contributed by atoms with Crippen molar-refractivity contribution in [1.82, 2.24) is 29.5 Å². The van der Waals surface area contributed by atoms with E-state index in [1.807, 2.05) is 36.1 Å². The Bertz CT molecular complexity index is 684. The summed E-state index contributed by atoms with van der Waals surface area (Å²) >= 11 is 0. The molecule has 0 unspecified atom stereocenters. The second-order valence-corrected chi connectivity index (χ2v) is 6.63. The number of aromatic nitrogens is 3. The molecule has 1 aliphatic heterocycles. The predicted molar refractivity (Wildman–Crippen MR) is 98.0 cm³/mol. The average molecular weight is 344 g/mol. The fourth-order valence-electron chi connectivity index (χ4n) is 3.36. The van der Waals surface area contributed by atoms with E-state index in [9.17, 15) is 4.79 Å². The number of carbonyl (C=O) groups is 1. The highest BCUT2D eigenvalue weighted by Crippen LogP contribution is 2.14. The molecule has 0 saturated carbocycles. The molecule has 0 radical (unpaired) electrons. The Morgan fingerprint density at radius 1 is 1.24 bits per heavy atom. The maximum Gasteiger partial charge on any atom is 0.256 e. The van der Waals surface area contributed by atoms with Gasteiger partial charge in [0.1, 0.15) is 11.4 Å². The van der Waals surface area contributed by atoms with Crippen molar-refractivity contribution in [1.29, 1.82) is 0 Å². The molecule has 1 amide bonds. The summed E-state index contributed by atoms with van der Waals surface area (Å²) in [5.41, 5.74) is 0.599. The topological polar surface area (TPSA) is 58.3 Å². The van der Waals surface area contributed by atoms with Crippen molar-refractivity contribution in [2.24, 2.45) is 7.05 Å². The molecule has 1 fully saturated rings. The van der Waals surface area contributed by atoms with Gasteiger partial charge in [-0.3, -0.25) is 14.4 Å². The summed E-state index contributed by atoms with van der Waals surface area (Å²) in [6.45, 7) is 10.5. The molecule has 1 aliphatic rings. The van der Waals surface area contributed by atoms with Gasteiger partial charge in [0, 0.05) is 58.2 Å². The number of amides is 1. The summed E-state index contributed by atoms with van der Waals surface area (Å²) in [5.74, 6) is 0.711. The van der Waals surface area contributed by atoms with Crippen molar-refractivity contribution in [3.63, 3.8) is 0 Å². The predicted octanol–water partition coefficient (Wildman–Crippen LogP) is 0.967. The molecule has 2 aromatic heterocycles. The van der Waals surface area contributed by atoms with E-state index in [2.05, 4.69) is 34.1 Å². The third-order valence-electron chi connectivity index (χ3n) is 5.04. The summed E-state index contributed by atoms with van der Waals surface area (Å²) in [5, 5.41) is 7.32. The second-order valence-electron chi connectivity index (χ2n) is 6.63. The van der Waals surface area contributed by atoms with Crippen molar-refractivity contribution < 1.29 is 4.79 Å². The SMILES string of the molecule is CCN1CCN([C@@H](C)CNC(=O)c2cnn(C)c2-n2cccc2)CC1. The molecule has 1 atom stereocenters. The summed E-state index contributed by atoms with van der Waals surface area (Å²) in [6, 6.07) is 4.20. The van der Waals surface area contributed by atoms with Crippen LogP contribution in [-0.2, 0) is 7.05 Å². The number of piperazine rings is 1. The van der Waals surface area contributed by atoms with Gasteiger partial charge < -0.3 is 14.8 Å². The van der Waals surface area contributed by atoms with Crippen LogP contribution >= 0.6 is 0 Å². The van der Waals surface area contributed by atoms with E-state index in [1.165, 1.54) is 0 Å². The Hall–Kier alpha value is -2.12. The minimum absolute atomic E-state index is 0.0733. The fraction of sp³-hybridized carbons (Fsp3) is 0.556. The molecule has 0 aromatic carbocycles. The molecule has 3 rings (SSSR count). The van der Waals surface area contributed by atoms with Gasteiger partial charge in [-0.25, -0.2) is 0 Å². The Kier molecular flexibility index (Phi) is 5.55. The first-order chi connectivity index (χ1) is 12.1. The van der Waals surface area contributed by atoms with Crippen LogP contribution in [0.4, 0.5) is 0 Å². The molecule has 1 N–H and O–H groups in total. The molecule has 7 nitrogen and oxygen atoms in total. The largest absolute Gasteiger partial charge is 0.350 e. The summed E-state index contributed by atoms with van der Waals surface area (Å²) < 4.78 is 3.64. The van der Waals surface area contributed by atoms with Crippen molar-refractivity contribution in [3.8, 4) is 5.82 Å². The Labute approximate surface area is 149 Å². The van der Waals surface area contributed by atoms with Crippen LogP contribution in [0.15, 0.2) is 30.7 Å². The first kappa shape index (κ1) is 17.7. The normalized spacial score (nSPS) is 17.6. The monoisotopic (exact) mass is 344 g/mol. The van der Waals surface area contributed by atoms with E-state index in [0.717, 1.165) is 38.5 Å². The first-order valence-corrected chi connectivity index (χ1v) is 9.00. The van der Waals surface area contributed by atoms with Gasteiger partial charge in [0.25, 0.3) is 5.91 Å². The molecule has 136 valence electrons. The Morgan fingerprint density at radius 3 is 2.56 bits per heavy atom. The van der Waals surface area contributed by atoms with Gasteiger partial charge in [0.15, 0.2) is 0 Å². The van der Waals surface area contributed by atoms with Crippen LogP contribution in [0.1, 0.15) is 24.2 Å². The highest BCUT2D eigenvalue weighted by molar-refractivity contribution is 5.97. The number of nitrogens with one attached hydrogen (secondary N) is 1. The molecule has 2 aromatic rings. The first-order valence-electron chi connectivity index (χ1n) is 9.00. The number of hydrogen-bond donors (Lipinski definition) is 1. The maximum atomic E-state index is 12.7. The number of carbonyl (C=O) groups excluding carboxylic acids is 1. The molecule has 7 heteroatoms. The molecule has 3 heterocycles. The summed E-state index contributed by atoms with van der Waals surface area (Å²) in [7, 11) is 1.85.